The summed E-state index contributed by atoms with van der Waals surface area (Å²) in [5, 5.41) is 6.57. The molecule has 0 saturated heterocycles. The molecule has 0 bridgehead atoms. The molecule has 0 aliphatic rings. The molecule has 4 heteroatoms. The van der Waals surface area contributed by atoms with Crippen LogP contribution in [0.5, 0.6) is 0 Å². The molecule has 2 heterocycles. The average molecular weight is 178 g/mol. The SMILES string of the molecule is CC.Cc1[nH]ccc1-c1ncn[nH]1. The molecular weight excluding hydrogens is 164 g/mol. The lowest BCUT2D eigenvalue weighted by atomic mass is 10.2. The van der Waals surface area contributed by atoms with Gasteiger partial charge >= 0.3 is 0 Å². The minimum Gasteiger partial charge on any atom is -0.365 e. The van der Waals surface area contributed by atoms with Gasteiger partial charge in [-0.15, -0.1) is 0 Å². The van der Waals surface area contributed by atoms with Gasteiger partial charge in [-0.3, -0.25) is 5.10 Å². The third-order valence-electron chi connectivity index (χ3n) is 1.62. The Kier molecular flexibility index (Phi) is 3.25. The third-order valence-corrected chi connectivity index (χ3v) is 1.62. The minimum absolute atomic E-state index is 0.809. The Morgan fingerprint density at radius 1 is 1.31 bits per heavy atom. The van der Waals surface area contributed by atoms with E-state index in [1.165, 1.54) is 6.33 Å². The molecule has 0 atom stereocenters. The zero-order valence-electron chi connectivity index (χ0n) is 8.13. The van der Waals surface area contributed by atoms with E-state index < -0.39 is 0 Å². The molecule has 0 aromatic carbocycles. The largest absolute Gasteiger partial charge is 0.365 e. The normalized spacial score (nSPS) is 9.15. The number of aromatic amines is 2. The number of nitrogens with zero attached hydrogens (tertiary/aromatic N) is 2. The van der Waals surface area contributed by atoms with Gasteiger partial charge in [-0.05, 0) is 13.0 Å². The van der Waals surface area contributed by atoms with Gasteiger partial charge in [0.1, 0.15) is 6.33 Å². The Labute approximate surface area is 77.4 Å². The van der Waals surface area contributed by atoms with Crippen molar-refractivity contribution in [3.8, 4) is 11.4 Å². The highest BCUT2D eigenvalue weighted by Crippen LogP contribution is 2.16. The summed E-state index contributed by atoms with van der Waals surface area (Å²) in [5.41, 5.74) is 2.17. The summed E-state index contributed by atoms with van der Waals surface area (Å²) in [4.78, 5) is 7.10. The molecule has 0 unspecified atom stereocenters. The number of nitrogens with one attached hydrogen (secondary N) is 2. The van der Waals surface area contributed by atoms with E-state index in [9.17, 15) is 0 Å². The molecule has 13 heavy (non-hydrogen) atoms. The van der Waals surface area contributed by atoms with Crippen molar-refractivity contribution in [2.75, 3.05) is 0 Å². The second kappa shape index (κ2) is 4.45. The molecule has 0 aliphatic carbocycles. The summed E-state index contributed by atoms with van der Waals surface area (Å²) in [6, 6.07) is 1.97. The van der Waals surface area contributed by atoms with Crippen LogP contribution in [0.1, 0.15) is 19.5 Å². The Bertz CT molecular complexity index is 334. The summed E-state index contributed by atoms with van der Waals surface area (Å²) in [5.74, 6) is 0.809. The van der Waals surface area contributed by atoms with Crippen molar-refractivity contribution in [3.05, 3.63) is 24.3 Å². The van der Waals surface area contributed by atoms with E-state index in [0.29, 0.717) is 0 Å². The van der Waals surface area contributed by atoms with Crippen LogP contribution in [0.4, 0.5) is 0 Å². The van der Waals surface area contributed by atoms with Crippen molar-refractivity contribution in [3.63, 3.8) is 0 Å². The number of aryl methyl sites for hydroxylation is 1. The fourth-order valence-corrected chi connectivity index (χ4v) is 1.04. The highest BCUT2D eigenvalue weighted by molar-refractivity contribution is 5.57. The van der Waals surface area contributed by atoms with Gasteiger partial charge in [0.25, 0.3) is 0 Å². The lowest BCUT2D eigenvalue weighted by molar-refractivity contribution is 1.09. The van der Waals surface area contributed by atoms with Crippen LogP contribution in [-0.4, -0.2) is 20.2 Å². The van der Waals surface area contributed by atoms with Crippen LogP contribution < -0.4 is 0 Å². The molecule has 0 fully saturated rings. The van der Waals surface area contributed by atoms with Gasteiger partial charge in [0.15, 0.2) is 5.82 Å². The van der Waals surface area contributed by atoms with E-state index in [4.69, 9.17) is 0 Å². The molecule has 70 valence electrons. The monoisotopic (exact) mass is 178 g/mol. The first-order chi connectivity index (χ1) is 6.38. The first-order valence-corrected chi connectivity index (χ1v) is 4.37. The smallest absolute Gasteiger partial charge is 0.157 e. The Hall–Kier alpha value is -1.58. The van der Waals surface area contributed by atoms with Crippen molar-refractivity contribution in [1.82, 2.24) is 20.2 Å². The van der Waals surface area contributed by atoms with Crippen molar-refractivity contribution < 1.29 is 0 Å². The second-order valence-electron chi connectivity index (χ2n) is 2.35. The van der Waals surface area contributed by atoms with E-state index in [1.54, 1.807) is 0 Å². The molecule has 2 aromatic heterocycles. The van der Waals surface area contributed by atoms with Gasteiger partial charge in [0.2, 0.25) is 0 Å². The Balaban J connectivity index is 0.000000396. The first-order valence-electron chi connectivity index (χ1n) is 4.37. The maximum Gasteiger partial charge on any atom is 0.157 e. The Morgan fingerprint density at radius 3 is 2.54 bits per heavy atom. The third kappa shape index (κ3) is 1.96. The van der Waals surface area contributed by atoms with Crippen LogP contribution >= 0.6 is 0 Å². The van der Waals surface area contributed by atoms with Crippen LogP contribution in [0.3, 0.4) is 0 Å². The standard InChI is InChI=1S/C7H8N4.C2H6/c1-5-6(2-3-8-5)7-9-4-10-11-7;1-2/h2-4,8H,1H3,(H,9,10,11);1-2H3. The number of hydrogen-bond donors (Lipinski definition) is 2. The molecule has 0 amide bonds. The Morgan fingerprint density at radius 2 is 2.08 bits per heavy atom. The predicted molar refractivity (Wildman–Crippen MR) is 52.3 cm³/mol. The lowest BCUT2D eigenvalue weighted by Crippen LogP contribution is -1.80. The summed E-state index contributed by atoms with van der Waals surface area (Å²) in [6.45, 7) is 6.00. The van der Waals surface area contributed by atoms with Gasteiger partial charge in [-0.2, -0.15) is 5.10 Å². The zero-order valence-corrected chi connectivity index (χ0v) is 8.13. The minimum atomic E-state index is 0.809. The molecule has 2 aromatic rings. The fraction of sp³-hybridized carbons (Fsp3) is 0.333. The second-order valence-corrected chi connectivity index (χ2v) is 2.35. The van der Waals surface area contributed by atoms with Gasteiger partial charge in [-0.1, -0.05) is 13.8 Å². The lowest BCUT2D eigenvalue weighted by Gasteiger charge is -1.90. The summed E-state index contributed by atoms with van der Waals surface area (Å²) in [6.07, 6.45) is 3.38. The molecular formula is C9H14N4. The molecule has 0 aliphatic heterocycles. The molecule has 4 nitrogen and oxygen atoms in total. The summed E-state index contributed by atoms with van der Waals surface area (Å²) in [7, 11) is 0. The van der Waals surface area contributed by atoms with E-state index in [0.717, 1.165) is 17.1 Å². The zero-order chi connectivity index (χ0) is 9.68. The van der Waals surface area contributed by atoms with Crippen molar-refractivity contribution in [2.45, 2.75) is 20.8 Å². The summed E-state index contributed by atoms with van der Waals surface area (Å²) < 4.78 is 0. The van der Waals surface area contributed by atoms with Crippen molar-refractivity contribution in [1.29, 1.82) is 0 Å². The molecule has 2 rings (SSSR count). The van der Waals surface area contributed by atoms with Crippen LogP contribution in [0, 0.1) is 6.92 Å². The van der Waals surface area contributed by atoms with Crippen LogP contribution in [0.25, 0.3) is 11.4 Å². The van der Waals surface area contributed by atoms with E-state index in [2.05, 4.69) is 20.2 Å². The summed E-state index contributed by atoms with van der Waals surface area (Å²) >= 11 is 0. The van der Waals surface area contributed by atoms with Crippen LogP contribution in [0.2, 0.25) is 0 Å². The maximum atomic E-state index is 4.03. The van der Waals surface area contributed by atoms with Gasteiger partial charge in [0.05, 0.1) is 0 Å². The quantitative estimate of drug-likeness (QED) is 0.702. The topological polar surface area (TPSA) is 57.4 Å². The fourth-order valence-electron chi connectivity index (χ4n) is 1.04. The first kappa shape index (κ1) is 9.51. The molecule has 0 spiro atoms. The number of hydrogen-bond acceptors (Lipinski definition) is 2. The highest BCUT2D eigenvalue weighted by Gasteiger charge is 2.03. The van der Waals surface area contributed by atoms with E-state index in [-0.39, 0.29) is 0 Å². The highest BCUT2D eigenvalue weighted by atomic mass is 15.2. The van der Waals surface area contributed by atoms with Crippen molar-refractivity contribution >= 4 is 0 Å². The van der Waals surface area contributed by atoms with Crippen LogP contribution in [0.15, 0.2) is 18.6 Å². The average Bonchev–Trinajstić information content (AvgIpc) is 2.77. The van der Waals surface area contributed by atoms with E-state index >= 15 is 0 Å². The van der Waals surface area contributed by atoms with Crippen molar-refractivity contribution in [2.24, 2.45) is 0 Å². The number of aromatic nitrogens is 4. The maximum absolute atomic E-state index is 4.03. The number of H-pyrrole nitrogens is 2. The van der Waals surface area contributed by atoms with Gasteiger partial charge in [-0.25, -0.2) is 4.98 Å². The molecule has 2 N–H and O–H groups in total. The molecule has 0 radical (unpaired) electrons. The molecule has 0 saturated carbocycles. The van der Waals surface area contributed by atoms with E-state index in [1.807, 2.05) is 33.0 Å². The predicted octanol–water partition coefficient (Wildman–Crippen LogP) is 2.13. The van der Waals surface area contributed by atoms with Gasteiger partial charge in [0, 0.05) is 17.5 Å². The van der Waals surface area contributed by atoms with Crippen LogP contribution in [-0.2, 0) is 0 Å². The van der Waals surface area contributed by atoms with Gasteiger partial charge < -0.3 is 4.98 Å². The number of rotatable bonds is 1.